The molecule has 0 atom stereocenters. The van der Waals surface area contributed by atoms with E-state index in [4.69, 9.17) is 4.52 Å². The van der Waals surface area contributed by atoms with Gasteiger partial charge in [-0.25, -0.2) is 0 Å². The van der Waals surface area contributed by atoms with Gasteiger partial charge in [0.05, 0.1) is 6.20 Å². The fourth-order valence-electron chi connectivity index (χ4n) is 0.965. The van der Waals surface area contributed by atoms with Crippen LogP contribution in [0.5, 0.6) is 0 Å². The molecule has 0 radical (unpaired) electrons. The molecule has 0 aromatic carbocycles. The molecular weight excluding hydrogens is 126 g/mol. The molecule has 0 saturated carbocycles. The Morgan fingerprint density at radius 3 is 3.50 bits per heavy atom. The molecule has 50 valence electrons. The predicted molar refractivity (Wildman–Crippen MR) is 38.4 cm³/mol. The van der Waals surface area contributed by atoms with E-state index in [2.05, 4.69) is 17.3 Å². The summed E-state index contributed by atoms with van der Waals surface area (Å²) in [6.07, 6.45) is 10.8. The van der Waals surface area contributed by atoms with E-state index in [1.807, 2.05) is 12.2 Å². The summed E-state index contributed by atoms with van der Waals surface area (Å²) in [7, 11) is 0. The fraction of sp³-hybridized carbons (Fsp3) is 0.125. The topological polar surface area (TPSA) is 26.0 Å². The molecule has 0 aliphatic heterocycles. The number of rotatable bonds is 0. The van der Waals surface area contributed by atoms with Crippen LogP contribution in [0, 0.1) is 0 Å². The quantitative estimate of drug-likeness (QED) is 0.505. The third kappa shape index (κ3) is 0.778. The van der Waals surface area contributed by atoms with Crippen molar-refractivity contribution in [3.8, 4) is 0 Å². The molecule has 1 aliphatic carbocycles. The van der Waals surface area contributed by atoms with E-state index >= 15 is 0 Å². The SMILES string of the molecule is C1=CCC=c2cnoc2=C1. The second-order valence-electron chi connectivity index (χ2n) is 2.18. The summed E-state index contributed by atoms with van der Waals surface area (Å²) in [5, 5.41) is 4.76. The van der Waals surface area contributed by atoms with Gasteiger partial charge in [0.1, 0.15) is 0 Å². The molecular formula is C8H7NO. The smallest absolute Gasteiger partial charge is 0.166 e. The minimum absolute atomic E-state index is 0.855. The summed E-state index contributed by atoms with van der Waals surface area (Å²) in [6.45, 7) is 0. The molecule has 1 aliphatic rings. The van der Waals surface area contributed by atoms with Crippen molar-refractivity contribution in [2.24, 2.45) is 0 Å². The number of hydrogen-bond donors (Lipinski definition) is 0. The summed E-state index contributed by atoms with van der Waals surface area (Å²) in [5.41, 5.74) is 0.855. The Morgan fingerprint density at radius 1 is 1.50 bits per heavy atom. The molecule has 0 spiro atoms. The Labute approximate surface area is 58.1 Å². The number of nitrogens with zero attached hydrogens (tertiary/aromatic N) is 1. The molecule has 2 rings (SSSR count). The number of fused-ring (bicyclic) bond motifs is 1. The number of aromatic nitrogens is 1. The van der Waals surface area contributed by atoms with E-state index < -0.39 is 0 Å². The maximum absolute atomic E-state index is 4.95. The average molecular weight is 133 g/mol. The first kappa shape index (κ1) is 5.47. The van der Waals surface area contributed by atoms with E-state index in [1.165, 1.54) is 0 Å². The van der Waals surface area contributed by atoms with Gasteiger partial charge in [-0.05, 0) is 12.5 Å². The zero-order valence-corrected chi connectivity index (χ0v) is 5.45. The van der Waals surface area contributed by atoms with Crippen molar-refractivity contribution in [3.63, 3.8) is 0 Å². The second-order valence-corrected chi connectivity index (χ2v) is 2.18. The normalized spacial score (nSPS) is 14.8. The van der Waals surface area contributed by atoms with Crippen molar-refractivity contribution in [1.29, 1.82) is 0 Å². The molecule has 10 heavy (non-hydrogen) atoms. The van der Waals surface area contributed by atoms with Crippen molar-refractivity contribution in [2.45, 2.75) is 6.42 Å². The predicted octanol–water partition coefficient (Wildman–Crippen LogP) is 0.195. The summed E-state index contributed by atoms with van der Waals surface area (Å²) in [4.78, 5) is 0. The van der Waals surface area contributed by atoms with Crippen molar-refractivity contribution in [2.75, 3.05) is 0 Å². The van der Waals surface area contributed by atoms with Gasteiger partial charge < -0.3 is 4.52 Å². The lowest BCUT2D eigenvalue weighted by molar-refractivity contribution is 0.394. The Bertz CT molecular complexity index is 359. The van der Waals surface area contributed by atoms with Crippen LogP contribution in [0.15, 0.2) is 22.9 Å². The van der Waals surface area contributed by atoms with E-state index in [9.17, 15) is 0 Å². The van der Waals surface area contributed by atoms with Gasteiger partial charge >= 0.3 is 0 Å². The third-order valence-electron chi connectivity index (χ3n) is 1.48. The first-order valence-corrected chi connectivity index (χ1v) is 3.24. The summed E-state index contributed by atoms with van der Waals surface area (Å²) < 4.78 is 4.95. The minimum Gasteiger partial charge on any atom is -0.356 e. The zero-order valence-electron chi connectivity index (χ0n) is 5.45. The van der Waals surface area contributed by atoms with Crippen LogP contribution in [0.1, 0.15) is 6.42 Å². The van der Waals surface area contributed by atoms with Gasteiger partial charge in [0.2, 0.25) is 0 Å². The summed E-state index contributed by atoms with van der Waals surface area (Å²) in [6, 6.07) is 0. The van der Waals surface area contributed by atoms with E-state index in [0.29, 0.717) is 0 Å². The summed E-state index contributed by atoms with van der Waals surface area (Å²) in [5.74, 6) is 0. The van der Waals surface area contributed by atoms with Crippen LogP contribution in [-0.2, 0) is 0 Å². The van der Waals surface area contributed by atoms with Crippen LogP contribution in [0.25, 0.3) is 12.2 Å². The highest BCUT2D eigenvalue weighted by atomic mass is 16.5. The van der Waals surface area contributed by atoms with Crippen LogP contribution in [0.4, 0.5) is 0 Å². The maximum atomic E-state index is 4.95. The molecule has 1 aromatic rings. The maximum Gasteiger partial charge on any atom is 0.166 e. The van der Waals surface area contributed by atoms with E-state index in [-0.39, 0.29) is 0 Å². The van der Waals surface area contributed by atoms with Gasteiger partial charge in [0.25, 0.3) is 0 Å². The van der Waals surface area contributed by atoms with Gasteiger partial charge in [-0.3, -0.25) is 0 Å². The van der Waals surface area contributed by atoms with Gasteiger partial charge in [-0.2, -0.15) is 0 Å². The Morgan fingerprint density at radius 2 is 2.50 bits per heavy atom. The van der Waals surface area contributed by atoms with E-state index in [0.717, 1.165) is 17.1 Å². The highest BCUT2D eigenvalue weighted by Crippen LogP contribution is 1.87. The average Bonchev–Trinajstić information content (AvgIpc) is 2.28. The molecule has 0 unspecified atom stereocenters. The molecule has 0 saturated heterocycles. The number of hydrogen-bond acceptors (Lipinski definition) is 2. The molecule has 2 nitrogen and oxygen atoms in total. The number of allylic oxidation sites excluding steroid dienone is 2. The first-order valence-electron chi connectivity index (χ1n) is 3.24. The van der Waals surface area contributed by atoms with Crippen LogP contribution in [0.3, 0.4) is 0 Å². The van der Waals surface area contributed by atoms with Crippen molar-refractivity contribution >= 4 is 12.2 Å². The highest BCUT2D eigenvalue weighted by Gasteiger charge is 1.89. The molecule has 1 aromatic heterocycles. The van der Waals surface area contributed by atoms with Gasteiger partial charge in [0, 0.05) is 5.22 Å². The molecule has 2 heteroatoms. The molecule has 0 fully saturated rings. The van der Waals surface area contributed by atoms with Crippen LogP contribution >= 0.6 is 0 Å². The molecule has 0 N–H and O–H groups in total. The van der Waals surface area contributed by atoms with Crippen LogP contribution in [0.2, 0.25) is 0 Å². The molecule has 0 bridgehead atoms. The van der Waals surface area contributed by atoms with Crippen LogP contribution < -0.4 is 10.6 Å². The van der Waals surface area contributed by atoms with Crippen molar-refractivity contribution in [1.82, 2.24) is 5.16 Å². The second kappa shape index (κ2) is 2.14. The third-order valence-corrected chi connectivity index (χ3v) is 1.48. The van der Waals surface area contributed by atoms with Crippen LogP contribution in [-0.4, -0.2) is 5.16 Å². The monoisotopic (exact) mass is 133 g/mol. The lowest BCUT2D eigenvalue weighted by atomic mass is 10.3. The van der Waals surface area contributed by atoms with E-state index in [1.54, 1.807) is 6.20 Å². The molecule has 1 heterocycles. The van der Waals surface area contributed by atoms with Crippen molar-refractivity contribution in [3.05, 3.63) is 29.0 Å². The van der Waals surface area contributed by atoms with Crippen molar-refractivity contribution < 1.29 is 4.52 Å². The Kier molecular flexibility index (Phi) is 1.17. The Hall–Kier alpha value is -1.31. The fourth-order valence-corrected chi connectivity index (χ4v) is 0.965. The minimum atomic E-state index is 0.855. The van der Waals surface area contributed by atoms with Gasteiger partial charge in [0.15, 0.2) is 5.42 Å². The largest absolute Gasteiger partial charge is 0.356 e. The highest BCUT2D eigenvalue weighted by molar-refractivity contribution is 5.40. The zero-order chi connectivity index (χ0) is 6.81. The van der Waals surface area contributed by atoms with Gasteiger partial charge in [-0.15, -0.1) is 0 Å². The molecule has 0 amide bonds. The van der Waals surface area contributed by atoms with Gasteiger partial charge in [-0.1, -0.05) is 23.4 Å². The lowest BCUT2D eigenvalue weighted by Gasteiger charge is -1.71. The Balaban J connectivity index is 2.82. The lowest BCUT2D eigenvalue weighted by Crippen LogP contribution is -2.17. The standard InChI is InChI=1S/C8H7NO/c1-2-4-7-6-9-10-8(7)5-3-1/h1,3-6H,2H2. The summed E-state index contributed by atoms with van der Waals surface area (Å²) >= 11 is 0. The first-order chi connectivity index (χ1) is 4.97.